The SMILES string of the molecule is C=CCN(CC=C)c1ccc(C2(CCN(C)C)Cc3ccccc3C(=O)O2)cc1.Cl. The lowest BCUT2D eigenvalue weighted by atomic mass is 9.80. The molecule has 3 rings (SSSR count). The lowest BCUT2D eigenvalue weighted by molar-refractivity contribution is -0.0355. The van der Waals surface area contributed by atoms with Gasteiger partial charge in [-0.25, -0.2) is 4.79 Å². The zero-order chi connectivity index (χ0) is 20.9. The number of ether oxygens (including phenoxy) is 1. The van der Waals surface area contributed by atoms with Gasteiger partial charge in [-0.1, -0.05) is 42.5 Å². The van der Waals surface area contributed by atoms with Gasteiger partial charge in [-0.3, -0.25) is 0 Å². The van der Waals surface area contributed by atoms with Crippen molar-refractivity contribution in [1.29, 1.82) is 0 Å². The molecule has 0 aliphatic carbocycles. The number of rotatable bonds is 9. The molecule has 0 saturated heterocycles. The van der Waals surface area contributed by atoms with Gasteiger partial charge >= 0.3 is 5.97 Å². The molecular formula is C25H31ClN2O2. The minimum atomic E-state index is -0.657. The van der Waals surface area contributed by atoms with E-state index in [1.165, 1.54) is 0 Å². The lowest BCUT2D eigenvalue weighted by Gasteiger charge is -2.39. The normalized spacial score (nSPS) is 17.5. The number of hydrogen-bond donors (Lipinski definition) is 0. The topological polar surface area (TPSA) is 32.8 Å². The number of anilines is 1. The third-order valence-corrected chi connectivity index (χ3v) is 5.42. The van der Waals surface area contributed by atoms with Gasteiger partial charge in [0.15, 0.2) is 0 Å². The number of carbonyl (C=O) groups excluding carboxylic acids is 1. The lowest BCUT2D eigenvalue weighted by Crippen LogP contribution is -2.41. The molecule has 2 aromatic carbocycles. The number of halogens is 1. The first-order chi connectivity index (χ1) is 14.0. The van der Waals surface area contributed by atoms with Crippen molar-refractivity contribution in [2.45, 2.75) is 18.4 Å². The zero-order valence-electron chi connectivity index (χ0n) is 17.8. The molecule has 2 aromatic rings. The molecule has 0 radical (unpaired) electrons. The van der Waals surface area contributed by atoms with Crippen molar-refractivity contribution < 1.29 is 9.53 Å². The molecule has 1 atom stereocenters. The standard InChI is InChI=1S/C25H30N2O2.ClH/c1-5-16-27(17-6-2)22-13-11-21(12-14-22)25(15-18-26(3)4)19-20-9-7-8-10-23(20)24(28)29-25;/h5-14H,1-2,15-19H2,3-4H3;1H. The Morgan fingerprint density at radius 1 is 1.03 bits per heavy atom. The van der Waals surface area contributed by atoms with Crippen LogP contribution in [0.5, 0.6) is 0 Å². The number of benzene rings is 2. The highest BCUT2D eigenvalue weighted by Crippen LogP contribution is 2.39. The van der Waals surface area contributed by atoms with Gasteiger partial charge in [-0.15, -0.1) is 25.6 Å². The van der Waals surface area contributed by atoms with Crippen LogP contribution in [0.2, 0.25) is 0 Å². The molecule has 0 spiro atoms. The van der Waals surface area contributed by atoms with Gasteiger partial charge in [0.25, 0.3) is 0 Å². The van der Waals surface area contributed by atoms with E-state index >= 15 is 0 Å². The predicted octanol–water partition coefficient (Wildman–Crippen LogP) is 4.85. The summed E-state index contributed by atoms with van der Waals surface area (Å²) in [7, 11) is 4.08. The fourth-order valence-corrected chi connectivity index (χ4v) is 3.87. The first kappa shape index (κ1) is 23.7. The fraction of sp³-hybridized carbons (Fsp3) is 0.320. The molecule has 160 valence electrons. The molecule has 0 N–H and O–H groups in total. The van der Waals surface area contributed by atoms with Crippen LogP contribution in [0.4, 0.5) is 5.69 Å². The molecule has 0 amide bonds. The van der Waals surface area contributed by atoms with Crippen molar-refractivity contribution >= 4 is 24.1 Å². The van der Waals surface area contributed by atoms with Crippen molar-refractivity contribution in [3.05, 3.63) is 90.5 Å². The number of hydrogen-bond acceptors (Lipinski definition) is 4. The number of cyclic esters (lactones) is 1. The summed E-state index contributed by atoms with van der Waals surface area (Å²) in [5.41, 5.74) is 3.19. The summed E-state index contributed by atoms with van der Waals surface area (Å²) < 4.78 is 6.12. The van der Waals surface area contributed by atoms with Crippen molar-refractivity contribution in [1.82, 2.24) is 4.90 Å². The van der Waals surface area contributed by atoms with E-state index in [1.54, 1.807) is 0 Å². The van der Waals surface area contributed by atoms with Gasteiger partial charge in [0.05, 0.1) is 5.56 Å². The maximum atomic E-state index is 12.8. The van der Waals surface area contributed by atoms with Crippen LogP contribution in [0.15, 0.2) is 73.8 Å². The van der Waals surface area contributed by atoms with E-state index in [2.05, 4.69) is 47.2 Å². The molecule has 1 aliphatic heterocycles. The third kappa shape index (κ3) is 5.13. The summed E-state index contributed by atoms with van der Waals surface area (Å²) in [6.45, 7) is 10.0. The third-order valence-electron chi connectivity index (χ3n) is 5.42. The summed E-state index contributed by atoms with van der Waals surface area (Å²) in [5, 5.41) is 0. The highest BCUT2D eigenvalue weighted by atomic mass is 35.5. The van der Waals surface area contributed by atoms with E-state index in [1.807, 2.05) is 50.5 Å². The van der Waals surface area contributed by atoms with Crippen LogP contribution in [0.3, 0.4) is 0 Å². The van der Waals surface area contributed by atoms with Crippen LogP contribution in [0.25, 0.3) is 0 Å². The van der Waals surface area contributed by atoms with Gasteiger partial charge < -0.3 is 14.5 Å². The molecule has 1 unspecified atom stereocenters. The molecule has 0 aromatic heterocycles. The Kier molecular flexibility index (Phi) is 8.27. The van der Waals surface area contributed by atoms with Gasteiger partial charge in [-0.2, -0.15) is 0 Å². The smallest absolute Gasteiger partial charge is 0.339 e. The highest BCUT2D eigenvalue weighted by Gasteiger charge is 2.41. The van der Waals surface area contributed by atoms with Gasteiger partial charge in [0.1, 0.15) is 5.60 Å². The molecule has 0 fully saturated rings. The van der Waals surface area contributed by atoms with Gasteiger partial charge in [0.2, 0.25) is 0 Å². The largest absolute Gasteiger partial charge is 0.450 e. The van der Waals surface area contributed by atoms with Crippen molar-refractivity contribution in [3.63, 3.8) is 0 Å². The van der Waals surface area contributed by atoms with E-state index in [-0.39, 0.29) is 18.4 Å². The van der Waals surface area contributed by atoms with E-state index in [4.69, 9.17) is 4.74 Å². The summed E-state index contributed by atoms with van der Waals surface area (Å²) in [6.07, 6.45) is 5.19. The molecule has 0 bridgehead atoms. The first-order valence-electron chi connectivity index (χ1n) is 10.0. The van der Waals surface area contributed by atoms with Crippen LogP contribution in [0, 0.1) is 0 Å². The Labute approximate surface area is 186 Å². The second-order valence-corrected chi connectivity index (χ2v) is 7.80. The minimum absolute atomic E-state index is 0. The molecule has 30 heavy (non-hydrogen) atoms. The summed E-state index contributed by atoms with van der Waals surface area (Å²) in [5.74, 6) is -0.241. The second kappa shape index (κ2) is 10.5. The monoisotopic (exact) mass is 426 g/mol. The Hall–Kier alpha value is -2.56. The van der Waals surface area contributed by atoms with Gasteiger partial charge in [-0.05, 0) is 43.4 Å². The van der Waals surface area contributed by atoms with E-state index in [9.17, 15) is 4.79 Å². The summed E-state index contributed by atoms with van der Waals surface area (Å²) in [6, 6.07) is 16.1. The average Bonchev–Trinajstić information content (AvgIpc) is 2.72. The average molecular weight is 427 g/mol. The molecule has 5 heteroatoms. The van der Waals surface area contributed by atoms with Crippen LogP contribution in [0.1, 0.15) is 27.9 Å². The van der Waals surface area contributed by atoms with Crippen LogP contribution in [-0.4, -0.2) is 44.6 Å². The molecule has 4 nitrogen and oxygen atoms in total. The first-order valence-corrected chi connectivity index (χ1v) is 10.0. The summed E-state index contributed by atoms with van der Waals surface area (Å²) >= 11 is 0. The maximum absolute atomic E-state index is 12.8. The number of fused-ring (bicyclic) bond motifs is 1. The Bertz CT molecular complexity index is 869. The van der Waals surface area contributed by atoms with Crippen molar-refractivity contribution in [2.24, 2.45) is 0 Å². The Morgan fingerprint density at radius 2 is 1.67 bits per heavy atom. The highest BCUT2D eigenvalue weighted by molar-refractivity contribution is 5.92. The van der Waals surface area contributed by atoms with Crippen molar-refractivity contribution in [2.75, 3.05) is 38.6 Å². The molecular weight excluding hydrogens is 396 g/mol. The Balaban J connectivity index is 0.00000320. The minimum Gasteiger partial charge on any atom is -0.450 e. The van der Waals surface area contributed by atoms with Crippen LogP contribution >= 0.6 is 12.4 Å². The Morgan fingerprint density at radius 3 is 2.27 bits per heavy atom. The zero-order valence-corrected chi connectivity index (χ0v) is 18.7. The van der Waals surface area contributed by atoms with E-state index < -0.39 is 5.60 Å². The number of esters is 1. The number of carbonyl (C=O) groups is 1. The maximum Gasteiger partial charge on any atom is 0.339 e. The molecule has 0 saturated carbocycles. The van der Waals surface area contributed by atoms with E-state index in [0.29, 0.717) is 12.0 Å². The van der Waals surface area contributed by atoms with E-state index in [0.717, 1.165) is 42.9 Å². The number of nitrogens with zero attached hydrogens (tertiary/aromatic N) is 2. The van der Waals surface area contributed by atoms with Crippen LogP contribution < -0.4 is 4.90 Å². The van der Waals surface area contributed by atoms with Crippen molar-refractivity contribution in [3.8, 4) is 0 Å². The molecule has 1 heterocycles. The summed E-state index contributed by atoms with van der Waals surface area (Å²) in [4.78, 5) is 17.1. The van der Waals surface area contributed by atoms with Gasteiger partial charge in [0, 0.05) is 38.2 Å². The quantitative estimate of drug-likeness (QED) is 0.424. The molecule has 1 aliphatic rings. The second-order valence-electron chi connectivity index (χ2n) is 7.80. The van der Waals surface area contributed by atoms with Crippen LogP contribution in [-0.2, 0) is 16.8 Å². The predicted molar refractivity (Wildman–Crippen MR) is 127 cm³/mol. The fourth-order valence-electron chi connectivity index (χ4n) is 3.87.